The Kier molecular flexibility index (Phi) is 13.3. The fourth-order valence-corrected chi connectivity index (χ4v) is 7.62. The number of aromatic nitrogens is 1. The Bertz CT molecular complexity index is 1640. The van der Waals surface area contributed by atoms with Gasteiger partial charge in [0, 0.05) is 32.4 Å². The van der Waals surface area contributed by atoms with Gasteiger partial charge in [-0.15, -0.1) is 0 Å². The average molecular weight is 693 g/mol. The number of sulfonamides is 1. The highest BCUT2D eigenvalue weighted by Gasteiger charge is 2.41. The Balaban J connectivity index is 1.59. The second-order valence-corrected chi connectivity index (χ2v) is 14.9. The van der Waals surface area contributed by atoms with Crippen molar-refractivity contribution < 1.29 is 28.3 Å². The number of rotatable bonds is 17. The van der Waals surface area contributed by atoms with Crippen molar-refractivity contribution in [1.29, 1.82) is 0 Å². The topological polar surface area (TPSA) is 156 Å². The van der Waals surface area contributed by atoms with Gasteiger partial charge in [-0.05, 0) is 53.6 Å². The number of benzene rings is 2. The summed E-state index contributed by atoms with van der Waals surface area (Å²) in [6.45, 7) is 8.67. The Hall–Kier alpha value is -4.33. The molecule has 0 spiro atoms. The normalized spacial score (nSPS) is 16.3. The molecule has 3 N–H and O–H groups in total. The van der Waals surface area contributed by atoms with Crippen LogP contribution in [0.3, 0.4) is 0 Å². The third-order valence-electron chi connectivity index (χ3n) is 8.77. The highest BCUT2D eigenvalue weighted by molar-refractivity contribution is 7.89. The number of pyridine rings is 1. The predicted molar refractivity (Wildman–Crippen MR) is 187 cm³/mol. The monoisotopic (exact) mass is 692 g/mol. The number of aliphatic hydroxyl groups excluding tert-OH is 1. The van der Waals surface area contributed by atoms with Gasteiger partial charge in [0.25, 0.3) is 0 Å². The summed E-state index contributed by atoms with van der Waals surface area (Å²) in [7, 11) is -4.05. The predicted octanol–water partition coefficient (Wildman–Crippen LogP) is 3.98. The summed E-state index contributed by atoms with van der Waals surface area (Å²) >= 11 is 0. The SMILES string of the molecule is CCC(C)C(C(=O)N[C@@H](Cc1ccccc1)[C@H](O)CN(CC(C)C)S(=O)(=O)c1ccc(/C=N/O)cc1)N1CCN(Cc2ccccn2)C1=O. The number of carbonyl (C=O) groups is 2. The molecule has 0 bridgehead atoms. The van der Waals surface area contributed by atoms with Crippen molar-refractivity contribution in [2.24, 2.45) is 17.0 Å². The van der Waals surface area contributed by atoms with Crippen molar-refractivity contribution in [1.82, 2.24) is 24.4 Å². The van der Waals surface area contributed by atoms with Crippen LogP contribution in [0.15, 0.2) is 89.0 Å². The molecular weight excluding hydrogens is 644 g/mol. The zero-order chi connectivity index (χ0) is 35.6. The van der Waals surface area contributed by atoms with Gasteiger partial charge in [-0.1, -0.05) is 87.8 Å². The van der Waals surface area contributed by atoms with Gasteiger partial charge in [0.05, 0.1) is 35.5 Å². The summed E-state index contributed by atoms with van der Waals surface area (Å²) < 4.78 is 29.0. The summed E-state index contributed by atoms with van der Waals surface area (Å²) in [5.41, 5.74) is 2.13. The Morgan fingerprint density at radius 1 is 1.02 bits per heavy atom. The van der Waals surface area contributed by atoms with Gasteiger partial charge in [0.15, 0.2) is 0 Å². The summed E-state index contributed by atoms with van der Waals surface area (Å²) in [4.78, 5) is 35.5. The van der Waals surface area contributed by atoms with Crippen molar-refractivity contribution in [2.45, 2.75) is 70.2 Å². The Labute approximate surface area is 289 Å². The summed E-state index contributed by atoms with van der Waals surface area (Å²) in [5, 5.41) is 26.6. The molecule has 4 rings (SSSR count). The van der Waals surface area contributed by atoms with Crippen LogP contribution in [0.5, 0.6) is 0 Å². The maximum absolute atomic E-state index is 14.2. The zero-order valence-electron chi connectivity index (χ0n) is 28.6. The lowest BCUT2D eigenvalue weighted by molar-refractivity contribution is -0.128. The van der Waals surface area contributed by atoms with E-state index in [0.29, 0.717) is 31.6 Å². The average Bonchev–Trinajstić information content (AvgIpc) is 3.43. The van der Waals surface area contributed by atoms with E-state index in [1.807, 2.05) is 76.2 Å². The van der Waals surface area contributed by atoms with Crippen LogP contribution in [0.25, 0.3) is 0 Å². The maximum Gasteiger partial charge on any atom is 0.321 e. The largest absolute Gasteiger partial charge is 0.411 e. The van der Waals surface area contributed by atoms with Gasteiger partial charge in [-0.3, -0.25) is 9.78 Å². The van der Waals surface area contributed by atoms with Gasteiger partial charge in [-0.2, -0.15) is 4.31 Å². The molecule has 1 aliphatic heterocycles. The van der Waals surface area contributed by atoms with E-state index in [4.69, 9.17) is 5.21 Å². The first-order valence-electron chi connectivity index (χ1n) is 16.7. The molecule has 1 fully saturated rings. The first kappa shape index (κ1) is 37.5. The van der Waals surface area contributed by atoms with Crippen molar-refractivity contribution in [3.8, 4) is 0 Å². The van der Waals surface area contributed by atoms with Crippen LogP contribution < -0.4 is 5.32 Å². The number of urea groups is 1. The summed E-state index contributed by atoms with van der Waals surface area (Å²) in [6, 6.07) is 18.9. The number of amides is 3. The standard InChI is InChI=1S/C36H48N6O6S/c1-5-27(4)34(42-20-19-40(36(42)45)24-30-13-9-10-18-37-30)35(44)39-32(21-28-11-7-6-8-12-28)33(43)25-41(23-26(2)3)49(47,48)31-16-14-29(15-17-31)22-38-46/h6-18,22,26-27,32-34,43,46H,5,19-21,23-25H2,1-4H3,(H,39,44)/b38-22+/t27?,32-,33+,34?/m0/s1. The third-order valence-corrected chi connectivity index (χ3v) is 10.6. The van der Waals surface area contributed by atoms with E-state index >= 15 is 0 Å². The van der Waals surface area contributed by atoms with Gasteiger partial charge >= 0.3 is 6.03 Å². The number of carbonyl (C=O) groups excluding carboxylic acids is 2. The molecule has 0 aliphatic carbocycles. The van der Waals surface area contributed by atoms with Crippen LogP contribution in [0.2, 0.25) is 0 Å². The molecule has 2 aromatic carbocycles. The van der Waals surface area contributed by atoms with Crippen LogP contribution >= 0.6 is 0 Å². The number of hydrogen-bond acceptors (Lipinski definition) is 8. The van der Waals surface area contributed by atoms with Crippen molar-refractivity contribution in [2.75, 3.05) is 26.2 Å². The number of oxime groups is 1. The van der Waals surface area contributed by atoms with E-state index in [-0.39, 0.29) is 42.3 Å². The minimum atomic E-state index is -4.05. The van der Waals surface area contributed by atoms with Crippen molar-refractivity contribution >= 4 is 28.2 Å². The second-order valence-electron chi connectivity index (χ2n) is 13.0. The number of hydrogen-bond donors (Lipinski definition) is 3. The van der Waals surface area contributed by atoms with E-state index in [0.717, 1.165) is 11.3 Å². The van der Waals surface area contributed by atoms with E-state index in [2.05, 4.69) is 15.5 Å². The summed E-state index contributed by atoms with van der Waals surface area (Å²) in [6.07, 6.45) is 2.47. The molecule has 1 aromatic heterocycles. The lowest BCUT2D eigenvalue weighted by Crippen LogP contribution is -2.57. The molecule has 3 aromatic rings. The van der Waals surface area contributed by atoms with Crippen LogP contribution in [0, 0.1) is 11.8 Å². The second kappa shape index (κ2) is 17.4. The van der Waals surface area contributed by atoms with Crippen LogP contribution in [-0.4, -0.2) is 100 Å². The lowest BCUT2D eigenvalue weighted by atomic mass is 9.95. The molecule has 49 heavy (non-hydrogen) atoms. The minimum Gasteiger partial charge on any atom is -0.411 e. The van der Waals surface area contributed by atoms with Gasteiger partial charge in [0.2, 0.25) is 15.9 Å². The first-order chi connectivity index (χ1) is 23.4. The van der Waals surface area contributed by atoms with Crippen molar-refractivity contribution in [3.05, 3.63) is 95.8 Å². The fourth-order valence-electron chi connectivity index (χ4n) is 6.00. The number of nitrogens with zero attached hydrogens (tertiary/aromatic N) is 5. The van der Waals surface area contributed by atoms with Crippen LogP contribution in [-0.2, 0) is 27.8 Å². The molecule has 264 valence electrons. The lowest BCUT2D eigenvalue weighted by Gasteiger charge is -2.35. The smallest absolute Gasteiger partial charge is 0.321 e. The van der Waals surface area contributed by atoms with E-state index in [9.17, 15) is 23.1 Å². The molecule has 4 atom stereocenters. The zero-order valence-corrected chi connectivity index (χ0v) is 29.4. The third kappa shape index (κ3) is 9.87. The minimum absolute atomic E-state index is 0.0266. The van der Waals surface area contributed by atoms with Crippen LogP contribution in [0.1, 0.15) is 50.9 Å². The fraction of sp³-hybridized carbons (Fsp3) is 0.444. The number of aliphatic hydroxyl groups is 1. The van der Waals surface area contributed by atoms with Crippen LogP contribution in [0.4, 0.5) is 4.79 Å². The highest BCUT2D eigenvalue weighted by Crippen LogP contribution is 2.24. The van der Waals surface area contributed by atoms with Gasteiger partial charge in [0.1, 0.15) is 6.04 Å². The van der Waals surface area contributed by atoms with E-state index < -0.39 is 34.1 Å². The van der Waals surface area contributed by atoms with Crippen molar-refractivity contribution in [3.63, 3.8) is 0 Å². The molecule has 12 nitrogen and oxygen atoms in total. The molecule has 0 radical (unpaired) electrons. The van der Waals surface area contributed by atoms with E-state index in [1.54, 1.807) is 16.0 Å². The highest BCUT2D eigenvalue weighted by atomic mass is 32.2. The molecule has 2 heterocycles. The molecule has 2 unspecified atom stereocenters. The molecule has 1 aliphatic rings. The van der Waals surface area contributed by atoms with Gasteiger partial charge < -0.3 is 25.4 Å². The summed E-state index contributed by atoms with van der Waals surface area (Å²) in [5.74, 6) is -0.651. The Morgan fingerprint density at radius 2 is 1.71 bits per heavy atom. The van der Waals surface area contributed by atoms with Gasteiger partial charge in [-0.25, -0.2) is 13.2 Å². The molecule has 3 amide bonds. The molecular formula is C36H48N6O6S. The molecule has 0 saturated carbocycles. The first-order valence-corrected chi connectivity index (χ1v) is 18.1. The Morgan fingerprint density at radius 3 is 2.33 bits per heavy atom. The molecule has 13 heteroatoms. The number of nitrogens with one attached hydrogen (secondary N) is 1. The maximum atomic E-state index is 14.2. The quantitative estimate of drug-likeness (QED) is 0.110. The molecule has 1 saturated heterocycles. The van der Waals surface area contributed by atoms with E-state index in [1.165, 1.54) is 34.8 Å².